The summed E-state index contributed by atoms with van der Waals surface area (Å²) >= 11 is 0. The summed E-state index contributed by atoms with van der Waals surface area (Å²) in [7, 11) is 0. The van der Waals surface area contributed by atoms with E-state index in [1.165, 1.54) is 50.5 Å². The number of carbonyl (C=O) groups is 2. The lowest BCUT2D eigenvalue weighted by molar-refractivity contribution is -0.157. The molecule has 8 bridgehead atoms. The van der Waals surface area contributed by atoms with Gasteiger partial charge in [-0.3, -0.25) is 9.59 Å². The Bertz CT molecular complexity index is 2440. The van der Waals surface area contributed by atoms with Crippen molar-refractivity contribution in [2.24, 2.45) is 62.3 Å². The van der Waals surface area contributed by atoms with Crippen molar-refractivity contribution in [3.63, 3.8) is 0 Å². The number of ether oxygens (including phenoxy) is 2. The van der Waals surface area contributed by atoms with Crippen LogP contribution in [-0.2, 0) is 19.1 Å². The highest BCUT2D eigenvalue weighted by atomic mass is 16.5. The highest BCUT2D eigenvalue weighted by Crippen LogP contribution is 2.49. The predicted octanol–water partition coefficient (Wildman–Crippen LogP) is 15.0. The summed E-state index contributed by atoms with van der Waals surface area (Å²) in [4.78, 5) is 43.9. The third-order valence-electron chi connectivity index (χ3n) is 15.7. The molecule has 9 nitrogen and oxygen atoms in total. The third kappa shape index (κ3) is 12.3. The zero-order valence-corrected chi connectivity index (χ0v) is 45.4. The fourth-order valence-electron chi connectivity index (χ4n) is 11.3. The Labute approximate surface area is 421 Å². The minimum Gasteiger partial charge on any atom is -0.510 e. The maximum Gasteiger partial charge on any atom is 0.321 e. The van der Waals surface area contributed by atoms with Gasteiger partial charge in [-0.1, -0.05) is 132 Å². The average molecular weight is 955 g/mol. The average Bonchev–Trinajstić information content (AvgIpc) is 4.04. The highest BCUT2D eigenvalue weighted by molar-refractivity contribution is 6.24. The van der Waals surface area contributed by atoms with Gasteiger partial charge in [0.25, 0.3) is 0 Å². The number of nitrogens with zero attached hydrogens (tertiary/aromatic N) is 3. The Hall–Kier alpha value is -5.05. The van der Waals surface area contributed by atoms with Crippen molar-refractivity contribution >= 4 is 29.1 Å². The van der Waals surface area contributed by atoms with Gasteiger partial charge < -0.3 is 19.9 Å². The fourth-order valence-corrected chi connectivity index (χ4v) is 11.3. The van der Waals surface area contributed by atoms with E-state index in [0.717, 1.165) is 93.2 Å². The lowest BCUT2D eigenvalue weighted by Gasteiger charge is -2.27. The minimum atomic E-state index is -1.11. The number of hydrogen-bond donors (Lipinski definition) is 2. The SMILES string of the molecule is C=CC1=C(C)C2=NC1=CC1=NC(=CC3=C(C)C4=C(O)[C@@H](C(=O)OC(C(C)C)C(C)C)C(=C5NC(=C2)[C@@H](C)[C@@H]5CCC(=O)OC/C=C(\C)CCC[C@H](C)CCC[C@H](C)CCCC(C)C)C4=N3)C(CC)=C1C. The van der Waals surface area contributed by atoms with E-state index in [1.807, 2.05) is 52.8 Å². The third-order valence-corrected chi connectivity index (χ3v) is 15.7. The molecule has 0 aromatic rings. The summed E-state index contributed by atoms with van der Waals surface area (Å²) in [5.74, 6) is 0.114. The molecule has 5 atom stereocenters. The van der Waals surface area contributed by atoms with Gasteiger partial charge in [-0.2, -0.15) is 0 Å². The molecule has 0 unspecified atom stereocenters. The van der Waals surface area contributed by atoms with Gasteiger partial charge in [-0.05, 0) is 130 Å². The monoisotopic (exact) mass is 955 g/mol. The van der Waals surface area contributed by atoms with Gasteiger partial charge in [0, 0.05) is 46.4 Å². The second kappa shape index (κ2) is 23.9. The molecular formula is C61H86N4O5. The molecule has 6 aliphatic rings. The van der Waals surface area contributed by atoms with Gasteiger partial charge in [-0.25, -0.2) is 15.0 Å². The molecule has 1 saturated heterocycles. The van der Waals surface area contributed by atoms with Crippen LogP contribution in [0, 0.1) is 47.3 Å². The zero-order chi connectivity index (χ0) is 51.1. The van der Waals surface area contributed by atoms with Crippen molar-refractivity contribution in [3.05, 3.63) is 116 Å². The summed E-state index contributed by atoms with van der Waals surface area (Å²) in [5, 5.41) is 16.1. The van der Waals surface area contributed by atoms with Gasteiger partial charge in [-0.15, -0.1) is 0 Å². The summed E-state index contributed by atoms with van der Waals surface area (Å²) in [6.07, 6.45) is 22.4. The van der Waals surface area contributed by atoms with Gasteiger partial charge in [0.05, 0.1) is 34.2 Å². The summed E-state index contributed by atoms with van der Waals surface area (Å²) in [6, 6.07) is 0. The molecule has 2 N–H and O–H groups in total. The number of aliphatic hydroxyl groups is 1. The lowest BCUT2D eigenvalue weighted by Crippen LogP contribution is -2.33. The largest absolute Gasteiger partial charge is 0.510 e. The molecule has 0 spiro atoms. The van der Waals surface area contributed by atoms with Crippen molar-refractivity contribution < 1.29 is 24.2 Å². The maximum atomic E-state index is 14.7. The first-order valence-corrected chi connectivity index (χ1v) is 26.9. The van der Waals surface area contributed by atoms with Gasteiger partial charge in [0.1, 0.15) is 24.4 Å². The molecule has 1 fully saturated rings. The van der Waals surface area contributed by atoms with Crippen LogP contribution in [0.4, 0.5) is 0 Å². The first-order valence-electron chi connectivity index (χ1n) is 26.9. The van der Waals surface area contributed by atoms with Crippen molar-refractivity contribution in [2.75, 3.05) is 6.61 Å². The van der Waals surface area contributed by atoms with E-state index in [4.69, 9.17) is 24.5 Å². The normalized spacial score (nSPS) is 22.1. The number of rotatable bonds is 23. The van der Waals surface area contributed by atoms with Crippen LogP contribution in [0.3, 0.4) is 0 Å². The Morgan fingerprint density at radius 1 is 0.814 bits per heavy atom. The Morgan fingerprint density at radius 3 is 2.07 bits per heavy atom. The van der Waals surface area contributed by atoms with Crippen molar-refractivity contribution in [1.82, 2.24) is 5.32 Å². The minimum absolute atomic E-state index is 0.0636. The molecular weight excluding hydrogens is 869 g/mol. The van der Waals surface area contributed by atoms with E-state index >= 15 is 0 Å². The molecule has 5 heterocycles. The molecule has 6 rings (SSSR count). The van der Waals surface area contributed by atoms with Crippen LogP contribution < -0.4 is 5.32 Å². The second-order valence-electron chi connectivity index (χ2n) is 22.4. The number of aliphatic imine (C=N–C) groups is 3. The molecule has 1 aliphatic carbocycles. The molecule has 9 heteroatoms. The molecule has 0 aromatic carbocycles. The summed E-state index contributed by atoms with van der Waals surface area (Å²) < 4.78 is 12.2. The molecule has 0 radical (unpaired) electrons. The van der Waals surface area contributed by atoms with Gasteiger partial charge in [0.2, 0.25) is 0 Å². The van der Waals surface area contributed by atoms with Gasteiger partial charge >= 0.3 is 11.9 Å². The van der Waals surface area contributed by atoms with Crippen molar-refractivity contribution in [2.45, 2.75) is 180 Å². The lowest BCUT2D eigenvalue weighted by atomic mass is 9.84. The van der Waals surface area contributed by atoms with Crippen LogP contribution in [-0.4, -0.2) is 46.9 Å². The number of hydrogen-bond acceptors (Lipinski definition) is 9. The molecule has 70 heavy (non-hydrogen) atoms. The first kappa shape index (κ1) is 54.3. The van der Waals surface area contributed by atoms with Crippen LogP contribution in [0.2, 0.25) is 0 Å². The fraction of sp³-hybridized carbons (Fsp3) is 0.590. The smallest absolute Gasteiger partial charge is 0.321 e. The number of nitrogens with one attached hydrogen (secondary N) is 1. The number of fused-ring (bicyclic) bond motifs is 5. The molecule has 0 saturated carbocycles. The predicted molar refractivity (Wildman–Crippen MR) is 289 cm³/mol. The number of allylic oxidation sites excluding steroid dienone is 12. The van der Waals surface area contributed by atoms with E-state index in [0.29, 0.717) is 34.9 Å². The quantitative estimate of drug-likeness (QED) is 0.0777. The number of carbonyl (C=O) groups excluding carboxylic acids is 2. The summed E-state index contributed by atoms with van der Waals surface area (Å²) in [5.41, 5.74) is 13.4. The standard InChI is InChI=1S/C61H86N4O5/c1-16-44-40(12)47-31-49-42(14)46(27-28-53(66)69-30-29-39(11)26-20-25-38(10)24-19-23-37(9)22-18-21-34(3)4)57(64-49)55-56(61(68)70-60(35(5)6)36(7)8)59(67)54-43(15)50(65-58(54)55)33-52-45(17-2)41(13)48(63-52)32-51(44)62-47/h16,29,31-38,42,46,56,60,64,67H,1,17-28,30H2,2-15H3/b39-29+,49-31?,51-32?,52-33?,57-55?/t37-,38-,42+,46+,56+/m1/s1. The van der Waals surface area contributed by atoms with E-state index in [2.05, 4.69) is 86.4 Å². The summed E-state index contributed by atoms with van der Waals surface area (Å²) in [6.45, 7) is 34.5. The van der Waals surface area contributed by atoms with Crippen LogP contribution in [0.5, 0.6) is 0 Å². The van der Waals surface area contributed by atoms with Crippen LogP contribution >= 0.6 is 0 Å². The van der Waals surface area contributed by atoms with Crippen LogP contribution in [0.25, 0.3) is 0 Å². The molecule has 0 aromatic heterocycles. The topological polar surface area (TPSA) is 122 Å². The van der Waals surface area contributed by atoms with Crippen molar-refractivity contribution in [3.8, 4) is 0 Å². The number of aliphatic hydroxyl groups excluding tert-OH is 1. The van der Waals surface area contributed by atoms with Crippen LogP contribution in [0.1, 0.15) is 174 Å². The molecule has 380 valence electrons. The van der Waals surface area contributed by atoms with E-state index in [1.54, 1.807) is 0 Å². The van der Waals surface area contributed by atoms with E-state index in [-0.39, 0.29) is 54.5 Å². The molecule has 5 aliphatic heterocycles. The maximum absolute atomic E-state index is 14.7. The van der Waals surface area contributed by atoms with Crippen LogP contribution in [0.15, 0.2) is 131 Å². The van der Waals surface area contributed by atoms with Crippen molar-refractivity contribution in [1.29, 1.82) is 0 Å². The number of esters is 2. The second-order valence-corrected chi connectivity index (χ2v) is 22.4. The van der Waals surface area contributed by atoms with E-state index < -0.39 is 11.9 Å². The Kier molecular flexibility index (Phi) is 18.5. The highest BCUT2D eigenvalue weighted by Gasteiger charge is 2.50. The zero-order valence-electron chi connectivity index (χ0n) is 45.4. The Balaban J connectivity index is 1.26. The van der Waals surface area contributed by atoms with Gasteiger partial charge in [0.15, 0.2) is 0 Å². The van der Waals surface area contributed by atoms with E-state index in [9.17, 15) is 14.7 Å². The molecule has 0 amide bonds. The first-order chi connectivity index (χ1) is 33.2. The Morgan fingerprint density at radius 2 is 1.44 bits per heavy atom.